The summed E-state index contributed by atoms with van der Waals surface area (Å²) < 4.78 is 55.1. The number of carbonyl (C=O) groups is 1. The monoisotopic (exact) mass is 269 g/mol. The number of ether oxygens (including phenoxy) is 1. The number of methoxy groups -OCH3 is 1. The molecule has 0 unspecified atom stereocenters. The zero-order chi connectivity index (χ0) is 13.8. The summed E-state index contributed by atoms with van der Waals surface area (Å²) in [5.41, 5.74) is -0.0866. The maximum absolute atomic E-state index is 12.6. The number of hydrogen-bond donors (Lipinski definition) is 1. The molecule has 9 heteroatoms. The maximum Gasteiger partial charge on any atom is 0.383 e. The summed E-state index contributed by atoms with van der Waals surface area (Å²) in [6.07, 6.45) is -1.74. The second kappa shape index (κ2) is 5.80. The first-order valence-corrected chi connectivity index (χ1v) is 4.86. The van der Waals surface area contributed by atoms with Gasteiger partial charge in [0.2, 0.25) is 0 Å². The Morgan fingerprint density at radius 3 is 2.83 bits per heavy atom. The van der Waals surface area contributed by atoms with Crippen LogP contribution < -0.4 is 5.32 Å². The third-order valence-electron chi connectivity index (χ3n) is 1.99. The third-order valence-corrected chi connectivity index (χ3v) is 1.99. The Balaban J connectivity index is 2.62. The van der Waals surface area contributed by atoms with Gasteiger partial charge in [-0.15, -0.1) is 0 Å². The number of anilines is 1. The van der Waals surface area contributed by atoms with Crippen molar-refractivity contribution in [1.29, 1.82) is 0 Å². The lowest BCUT2D eigenvalue weighted by atomic mass is 10.3. The van der Waals surface area contributed by atoms with Crippen molar-refractivity contribution in [1.82, 2.24) is 9.78 Å². The van der Waals surface area contributed by atoms with Gasteiger partial charge in [-0.3, -0.25) is 9.48 Å². The first kappa shape index (κ1) is 14.4. The highest BCUT2D eigenvalue weighted by atomic mass is 19.3. The van der Waals surface area contributed by atoms with Crippen LogP contribution in [0.2, 0.25) is 0 Å². The maximum atomic E-state index is 12.6. The van der Waals surface area contributed by atoms with E-state index in [2.05, 4.69) is 5.10 Å². The van der Waals surface area contributed by atoms with E-state index < -0.39 is 18.3 Å². The van der Waals surface area contributed by atoms with Gasteiger partial charge in [0.15, 0.2) is 0 Å². The van der Waals surface area contributed by atoms with Crippen molar-refractivity contribution in [3.8, 4) is 0 Å². The Morgan fingerprint density at radius 1 is 1.61 bits per heavy atom. The Bertz CT molecular complexity index is 408. The van der Waals surface area contributed by atoms with Gasteiger partial charge in [0, 0.05) is 13.3 Å². The first-order valence-electron chi connectivity index (χ1n) is 4.86. The predicted molar refractivity (Wildman–Crippen MR) is 53.7 cm³/mol. The molecule has 5 nitrogen and oxygen atoms in total. The molecule has 0 radical (unpaired) electrons. The van der Waals surface area contributed by atoms with Crippen molar-refractivity contribution in [2.24, 2.45) is 0 Å². The highest BCUT2D eigenvalue weighted by Crippen LogP contribution is 2.24. The Hall–Kier alpha value is -1.64. The van der Waals surface area contributed by atoms with E-state index in [1.165, 1.54) is 18.0 Å². The largest absolute Gasteiger partial charge is 0.383 e. The van der Waals surface area contributed by atoms with Crippen molar-refractivity contribution < 1.29 is 27.1 Å². The molecule has 0 aliphatic rings. The quantitative estimate of drug-likeness (QED) is 0.793. The molecule has 1 N–H and O–H groups in total. The number of nitrogens with zero attached hydrogens (tertiary/aromatic N) is 2. The normalized spacial score (nSPS) is 11.9. The average Bonchev–Trinajstić information content (AvgIpc) is 2.73. The SMILES string of the molecule is COCCn1cc(NC(=O)C(F)(F)C(F)F)cn1. The molecule has 0 fully saturated rings. The molecule has 0 aliphatic carbocycles. The van der Waals surface area contributed by atoms with Gasteiger partial charge in [-0.2, -0.15) is 13.9 Å². The van der Waals surface area contributed by atoms with Crippen LogP contribution in [0.15, 0.2) is 12.4 Å². The molecular formula is C9H11F4N3O2. The lowest BCUT2D eigenvalue weighted by molar-refractivity contribution is -0.163. The van der Waals surface area contributed by atoms with E-state index >= 15 is 0 Å². The van der Waals surface area contributed by atoms with Crippen molar-refractivity contribution >= 4 is 11.6 Å². The number of amides is 1. The highest BCUT2D eigenvalue weighted by Gasteiger charge is 2.49. The van der Waals surface area contributed by atoms with E-state index in [1.54, 1.807) is 5.32 Å². The molecule has 1 rings (SSSR count). The summed E-state index contributed by atoms with van der Waals surface area (Å²) in [7, 11) is 1.47. The molecular weight excluding hydrogens is 258 g/mol. The minimum absolute atomic E-state index is 0.0866. The van der Waals surface area contributed by atoms with Crippen LogP contribution in [0, 0.1) is 0 Å². The molecule has 0 spiro atoms. The second-order valence-electron chi connectivity index (χ2n) is 3.36. The number of hydrogen-bond acceptors (Lipinski definition) is 3. The van der Waals surface area contributed by atoms with Gasteiger partial charge in [-0.05, 0) is 0 Å². The standard InChI is InChI=1S/C9H11F4N3O2/c1-18-3-2-16-5-6(4-14-16)15-8(17)9(12,13)7(10)11/h4-5,7H,2-3H2,1H3,(H,15,17). The van der Waals surface area contributed by atoms with Crippen LogP contribution in [0.3, 0.4) is 0 Å². The van der Waals surface area contributed by atoms with Crippen molar-refractivity contribution in [2.45, 2.75) is 18.9 Å². The highest BCUT2D eigenvalue weighted by molar-refractivity contribution is 5.96. The van der Waals surface area contributed by atoms with Crippen LogP contribution in [0.25, 0.3) is 0 Å². The van der Waals surface area contributed by atoms with Crippen LogP contribution in [0.4, 0.5) is 23.2 Å². The summed E-state index contributed by atoms with van der Waals surface area (Å²) in [5.74, 6) is -6.79. The summed E-state index contributed by atoms with van der Waals surface area (Å²) in [4.78, 5) is 10.9. The lowest BCUT2D eigenvalue weighted by Crippen LogP contribution is -2.40. The number of rotatable bonds is 6. The Kier molecular flexibility index (Phi) is 4.65. The smallest absolute Gasteiger partial charge is 0.383 e. The first-order chi connectivity index (χ1) is 8.37. The van der Waals surface area contributed by atoms with E-state index in [-0.39, 0.29) is 5.69 Å². The molecule has 0 bridgehead atoms. The lowest BCUT2D eigenvalue weighted by Gasteiger charge is -2.13. The molecule has 1 aromatic heterocycles. The zero-order valence-electron chi connectivity index (χ0n) is 9.37. The Morgan fingerprint density at radius 2 is 2.28 bits per heavy atom. The topological polar surface area (TPSA) is 56.1 Å². The fraction of sp³-hybridized carbons (Fsp3) is 0.556. The molecule has 0 aliphatic heterocycles. The Labute approximate surface area is 99.7 Å². The van der Waals surface area contributed by atoms with Crippen LogP contribution in [-0.4, -0.2) is 41.8 Å². The summed E-state index contributed by atoms with van der Waals surface area (Å²) >= 11 is 0. The number of aromatic nitrogens is 2. The summed E-state index contributed by atoms with van der Waals surface area (Å²) in [5, 5.41) is 5.39. The van der Waals surface area contributed by atoms with Crippen LogP contribution >= 0.6 is 0 Å². The minimum atomic E-state index is -4.73. The van der Waals surface area contributed by atoms with Crippen LogP contribution in [-0.2, 0) is 16.1 Å². The third kappa shape index (κ3) is 3.42. The van der Waals surface area contributed by atoms with Gasteiger partial charge in [-0.1, -0.05) is 0 Å². The summed E-state index contributed by atoms with van der Waals surface area (Å²) in [6.45, 7) is 0.680. The molecule has 0 saturated heterocycles. The molecule has 1 aromatic rings. The number of halogens is 4. The number of alkyl halides is 4. The van der Waals surface area contributed by atoms with E-state index in [0.29, 0.717) is 13.2 Å². The van der Waals surface area contributed by atoms with E-state index in [0.717, 1.165) is 6.20 Å². The van der Waals surface area contributed by atoms with Gasteiger partial charge in [0.25, 0.3) is 0 Å². The average molecular weight is 269 g/mol. The van der Waals surface area contributed by atoms with E-state index in [9.17, 15) is 22.4 Å². The van der Waals surface area contributed by atoms with Gasteiger partial charge >= 0.3 is 18.3 Å². The fourth-order valence-corrected chi connectivity index (χ4v) is 1.05. The molecule has 1 heterocycles. The second-order valence-corrected chi connectivity index (χ2v) is 3.36. The van der Waals surface area contributed by atoms with Gasteiger partial charge in [0.05, 0.1) is 25.0 Å². The summed E-state index contributed by atoms with van der Waals surface area (Å²) in [6, 6.07) is 0. The van der Waals surface area contributed by atoms with E-state index in [4.69, 9.17) is 4.74 Å². The van der Waals surface area contributed by atoms with E-state index in [1.807, 2.05) is 0 Å². The molecule has 1 amide bonds. The van der Waals surface area contributed by atoms with Gasteiger partial charge in [0.1, 0.15) is 0 Å². The predicted octanol–water partition coefficient (Wildman–Crippen LogP) is 1.37. The number of carbonyl (C=O) groups excluding carboxylic acids is 1. The van der Waals surface area contributed by atoms with Gasteiger partial charge in [-0.25, -0.2) is 8.78 Å². The van der Waals surface area contributed by atoms with Gasteiger partial charge < -0.3 is 10.1 Å². The van der Waals surface area contributed by atoms with Crippen LogP contribution in [0.1, 0.15) is 0 Å². The molecule has 0 saturated carbocycles. The molecule has 102 valence electrons. The number of nitrogens with one attached hydrogen (secondary N) is 1. The molecule has 0 atom stereocenters. The van der Waals surface area contributed by atoms with Crippen molar-refractivity contribution in [3.63, 3.8) is 0 Å². The minimum Gasteiger partial charge on any atom is -0.383 e. The zero-order valence-corrected chi connectivity index (χ0v) is 9.37. The van der Waals surface area contributed by atoms with Crippen molar-refractivity contribution in [3.05, 3.63) is 12.4 Å². The van der Waals surface area contributed by atoms with Crippen LogP contribution in [0.5, 0.6) is 0 Å². The molecule has 0 aromatic carbocycles. The fourth-order valence-electron chi connectivity index (χ4n) is 1.05. The molecule has 18 heavy (non-hydrogen) atoms. The van der Waals surface area contributed by atoms with Crippen molar-refractivity contribution in [2.75, 3.05) is 19.0 Å².